The van der Waals surface area contributed by atoms with Gasteiger partial charge in [-0.05, 0) is 48.7 Å². The van der Waals surface area contributed by atoms with Crippen molar-refractivity contribution in [3.8, 4) is 5.75 Å². The Bertz CT molecular complexity index is 923. The maximum absolute atomic E-state index is 12.4. The average molecular weight is 409 g/mol. The summed E-state index contributed by atoms with van der Waals surface area (Å²) in [5.74, 6) is 0.432. The van der Waals surface area contributed by atoms with E-state index in [-0.39, 0.29) is 22.4 Å². The van der Waals surface area contributed by atoms with Crippen molar-refractivity contribution in [2.75, 3.05) is 20.2 Å². The fourth-order valence-corrected chi connectivity index (χ4v) is 4.31. The van der Waals surface area contributed by atoms with Gasteiger partial charge in [-0.3, -0.25) is 4.79 Å². The summed E-state index contributed by atoms with van der Waals surface area (Å²) in [4.78, 5) is 14.2. The van der Waals surface area contributed by atoms with Crippen molar-refractivity contribution in [2.45, 2.75) is 24.3 Å². The molecule has 1 aliphatic rings. The Hall–Kier alpha value is -2.09. The Morgan fingerprint density at radius 3 is 2.41 bits per heavy atom. The highest BCUT2D eigenvalue weighted by Gasteiger charge is 2.19. The number of amides is 1. The van der Waals surface area contributed by atoms with Gasteiger partial charge in [0.15, 0.2) is 0 Å². The van der Waals surface area contributed by atoms with Gasteiger partial charge >= 0.3 is 0 Å². The number of hydrogen-bond donors (Lipinski definition) is 1. The molecule has 0 spiro atoms. The molecule has 0 atom stereocenters. The first-order chi connectivity index (χ1) is 12.9. The zero-order valence-electron chi connectivity index (χ0n) is 14.9. The number of rotatable bonds is 6. The minimum atomic E-state index is -3.71. The van der Waals surface area contributed by atoms with Crippen LogP contribution < -0.4 is 9.46 Å². The van der Waals surface area contributed by atoms with Gasteiger partial charge < -0.3 is 9.64 Å². The van der Waals surface area contributed by atoms with Crippen LogP contribution in [0.2, 0.25) is 5.02 Å². The monoisotopic (exact) mass is 408 g/mol. The standard InChI is InChI=1S/C19H21ClN2O4S/c1-26-18-9-8-16(12-17(18)20)27(24,25)21-13-14-4-6-15(7-5-14)19(23)22-10-2-3-11-22/h4-9,12,21H,2-3,10-11,13H2,1H3. The van der Waals surface area contributed by atoms with Gasteiger partial charge in [0.1, 0.15) is 5.75 Å². The fraction of sp³-hybridized carbons (Fsp3) is 0.316. The number of benzene rings is 2. The van der Waals surface area contributed by atoms with Gasteiger partial charge in [0.25, 0.3) is 5.91 Å². The molecular weight excluding hydrogens is 388 g/mol. The largest absolute Gasteiger partial charge is 0.495 e. The normalized spacial score (nSPS) is 14.4. The lowest BCUT2D eigenvalue weighted by molar-refractivity contribution is 0.0793. The van der Waals surface area contributed by atoms with E-state index >= 15 is 0 Å². The molecule has 0 radical (unpaired) electrons. The maximum atomic E-state index is 12.4. The highest BCUT2D eigenvalue weighted by atomic mass is 35.5. The molecule has 0 saturated carbocycles. The topological polar surface area (TPSA) is 75.7 Å². The zero-order valence-corrected chi connectivity index (χ0v) is 16.5. The van der Waals surface area contributed by atoms with E-state index in [9.17, 15) is 13.2 Å². The molecule has 6 nitrogen and oxygen atoms in total. The molecule has 1 heterocycles. The van der Waals surface area contributed by atoms with Crippen LogP contribution in [0.5, 0.6) is 5.75 Å². The van der Waals surface area contributed by atoms with Gasteiger partial charge in [-0.2, -0.15) is 0 Å². The molecule has 0 bridgehead atoms. The lowest BCUT2D eigenvalue weighted by Gasteiger charge is -2.15. The van der Waals surface area contributed by atoms with Crippen LogP contribution in [0.3, 0.4) is 0 Å². The molecule has 0 aromatic heterocycles. The first-order valence-corrected chi connectivity index (χ1v) is 10.5. The van der Waals surface area contributed by atoms with Crippen LogP contribution in [0, 0.1) is 0 Å². The van der Waals surface area contributed by atoms with E-state index in [0.717, 1.165) is 31.5 Å². The van der Waals surface area contributed by atoms with E-state index in [0.29, 0.717) is 11.3 Å². The summed E-state index contributed by atoms with van der Waals surface area (Å²) >= 11 is 6.00. The molecule has 2 aromatic carbocycles. The zero-order chi connectivity index (χ0) is 19.4. The van der Waals surface area contributed by atoms with Crippen molar-refractivity contribution in [3.05, 3.63) is 58.6 Å². The number of carbonyl (C=O) groups is 1. The van der Waals surface area contributed by atoms with Gasteiger partial charge in [0.05, 0.1) is 17.0 Å². The Labute approximate surface area is 164 Å². The Morgan fingerprint density at radius 1 is 1.15 bits per heavy atom. The molecule has 1 saturated heterocycles. The maximum Gasteiger partial charge on any atom is 0.253 e. The highest BCUT2D eigenvalue weighted by molar-refractivity contribution is 7.89. The summed E-state index contributed by atoms with van der Waals surface area (Å²) < 4.78 is 32.4. The molecule has 1 aliphatic heterocycles. The minimum Gasteiger partial charge on any atom is -0.495 e. The van der Waals surface area contributed by atoms with E-state index in [4.69, 9.17) is 16.3 Å². The minimum absolute atomic E-state index is 0.0208. The van der Waals surface area contributed by atoms with Crippen LogP contribution in [0.15, 0.2) is 47.4 Å². The molecule has 1 fully saturated rings. The lowest BCUT2D eigenvalue weighted by atomic mass is 10.1. The molecule has 1 amide bonds. The van der Waals surface area contributed by atoms with Crippen molar-refractivity contribution in [1.82, 2.24) is 9.62 Å². The summed E-state index contributed by atoms with van der Waals surface area (Å²) in [6.07, 6.45) is 2.09. The van der Waals surface area contributed by atoms with Crippen LogP contribution in [-0.4, -0.2) is 39.4 Å². The van der Waals surface area contributed by atoms with Crippen molar-refractivity contribution in [2.24, 2.45) is 0 Å². The number of sulfonamides is 1. The number of methoxy groups -OCH3 is 1. The predicted molar refractivity (Wildman–Crippen MR) is 104 cm³/mol. The second-order valence-electron chi connectivity index (χ2n) is 6.32. The second kappa shape index (κ2) is 8.29. The number of ether oxygens (including phenoxy) is 1. The predicted octanol–water partition coefficient (Wildman–Crippen LogP) is 3.06. The highest BCUT2D eigenvalue weighted by Crippen LogP contribution is 2.27. The Balaban J connectivity index is 1.65. The van der Waals surface area contributed by atoms with Gasteiger partial charge in [-0.15, -0.1) is 0 Å². The van der Waals surface area contributed by atoms with Gasteiger partial charge in [0.2, 0.25) is 10.0 Å². The second-order valence-corrected chi connectivity index (χ2v) is 8.49. The number of likely N-dealkylation sites (tertiary alicyclic amines) is 1. The number of nitrogens with one attached hydrogen (secondary N) is 1. The Kier molecular flexibility index (Phi) is 6.04. The SMILES string of the molecule is COc1ccc(S(=O)(=O)NCc2ccc(C(=O)N3CCCC3)cc2)cc1Cl. The number of nitrogens with zero attached hydrogens (tertiary/aromatic N) is 1. The van der Waals surface area contributed by atoms with Gasteiger partial charge in [0, 0.05) is 25.2 Å². The van der Waals surface area contributed by atoms with E-state index in [1.54, 1.807) is 24.3 Å². The molecular formula is C19H21ClN2O4S. The smallest absolute Gasteiger partial charge is 0.253 e. The third-order valence-electron chi connectivity index (χ3n) is 4.49. The number of halogens is 1. The number of hydrogen-bond acceptors (Lipinski definition) is 4. The fourth-order valence-electron chi connectivity index (χ4n) is 2.94. The molecule has 0 aliphatic carbocycles. The first-order valence-electron chi connectivity index (χ1n) is 8.62. The van der Waals surface area contributed by atoms with Crippen molar-refractivity contribution < 1.29 is 17.9 Å². The first kappa shape index (κ1) is 19.7. The van der Waals surface area contributed by atoms with E-state index in [2.05, 4.69) is 4.72 Å². The van der Waals surface area contributed by atoms with E-state index in [1.807, 2.05) is 4.90 Å². The van der Waals surface area contributed by atoms with Crippen molar-refractivity contribution in [1.29, 1.82) is 0 Å². The van der Waals surface area contributed by atoms with Crippen LogP contribution >= 0.6 is 11.6 Å². The van der Waals surface area contributed by atoms with Crippen molar-refractivity contribution >= 4 is 27.5 Å². The summed E-state index contributed by atoms with van der Waals surface area (Å²) in [7, 11) is -2.25. The van der Waals surface area contributed by atoms with Crippen LogP contribution in [-0.2, 0) is 16.6 Å². The number of carbonyl (C=O) groups excluding carboxylic acids is 1. The van der Waals surface area contributed by atoms with E-state index in [1.165, 1.54) is 25.3 Å². The molecule has 1 N–H and O–H groups in total. The third kappa shape index (κ3) is 4.61. The van der Waals surface area contributed by atoms with Crippen LogP contribution in [0.4, 0.5) is 0 Å². The third-order valence-corrected chi connectivity index (χ3v) is 6.19. The van der Waals surface area contributed by atoms with Gasteiger partial charge in [-0.1, -0.05) is 23.7 Å². The van der Waals surface area contributed by atoms with Crippen LogP contribution in [0.25, 0.3) is 0 Å². The quantitative estimate of drug-likeness (QED) is 0.797. The lowest BCUT2D eigenvalue weighted by Crippen LogP contribution is -2.27. The summed E-state index contributed by atoms with van der Waals surface area (Å²) in [5, 5.41) is 0.227. The van der Waals surface area contributed by atoms with Gasteiger partial charge in [-0.25, -0.2) is 13.1 Å². The molecule has 0 unspecified atom stereocenters. The van der Waals surface area contributed by atoms with Crippen LogP contribution in [0.1, 0.15) is 28.8 Å². The molecule has 2 aromatic rings. The van der Waals surface area contributed by atoms with E-state index < -0.39 is 10.0 Å². The molecule has 144 valence electrons. The molecule has 8 heteroatoms. The van der Waals surface area contributed by atoms with Crippen molar-refractivity contribution in [3.63, 3.8) is 0 Å². The summed E-state index contributed by atoms with van der Waals surface area (Å²) in [5.41, 5.74) is 1.38. The Morgan fingerprint density at radius 2 is 1.81 bits per heavy atom. The average Bonchev–Trinajstić information content (AvgIpc) is 3.21. The molecule has 3 rings (SSSR count). The molecule has 27 heavy (non-hydrogen) atoms. The summed E-state index contributed by atoms with van der Waals surface area (Å²) in [6.45, 7) is 1.71. The summed E-state index contributed by atoms with van der Waals surface area (Å²) in [6, 6.07) is 11.3.